The van der Waals surface area contributed by atoms with Gasteiger partial charge in [0, 0.05) is 13.3 Å². The van der Waals surface area contributed by atoms with E-state index in [0.29, 0.717) is 0 Å². The molecule has 0 radical (unpaired) electrons. The number of pyridine rings is 1. The molecular formula is C14H14F3NO. The summed E-state index contributed by atoms with van der Waals surface area (Å²) in [4.78, 5) is 3.80. The average Bonchev–Trinajstić information content (AvgIpc) is 2.42. The predicted octanol–water partition coefficient (Wildman–Crippen LogP) is 3.38. The summed E-state index contributed by atoms with van der Waals surface area (Å²) in [5.74, 6) is -1.66. The van der Waals surface area contributed by atoms with Gasteiger partial charge >= 0.3 is 6.18 Å². The van der Waals surface area contributed by atoms with Gasteiger partial charge < -0.3 is 5.11 Å². The number of benzene rings is 1. The lowest BCUT2D eigenvalue weighted by Gasteiger charge is -2.20. The summed E-state index contributed by atoms with van der Waals surface area (Å²) < 4.78 is 39.2. The number of hydrogen-bond acceptors (Lipinski definition) is 2. The summed E-state index contributed by atoms with van der Waals surface area (Å²) >= 11 is 0. The van der Waals surface area contributed by atoms with Crippen molar-refractivity contribution in [2.45, 2.75) is 12.1 Å². The van der Waals surface area contributed by atoms with Crippen molar-refractivity contribution in [3.8, 4) is 0 Å². The van der Waals surface area contributed by atoms with Crippen molar-refractivity contribution in [1.29, 1.82) is 0 Å². The number of hydrogen-bond donors (Lipinski definition) is 1. The van der Waals surface area contributed by atoms with Crippen LogP contribution in [0.3, 0.4) is 0 Å². The third kappa shape index (κ3) is 4.06. The van der Waals surface area contributed by atoms with Crippen LogP contribution in [0.4, 0.5) is 13.2 Å². The van der Waals surface area contributed by atoms with E-state index in [9.17, 15) is 13.2 Å². The van der Waals surface area contributed by atoms with Crippen molar-refractivity contribution in [2.24, 2.45) is 0 Å². The Morgan fingerprint density at radius 2 is 1.53 bits per heavy atom. The first-order valence-corrected chi connectivity index (χ1v) is 5.56. The highest BCUT2D eigenvalue weighted by atomic mass is 19.4. The van der Waals surface area contributed by atoms with E-state index in [1.165, 1.54) is 24.4 Å². The highest BCUT2D eigenvalue weighted by Crippen LogP contribution is 2.38. The van der Waals surface area contributed by atoms with Crippen molar-refractivity contribution in [3.05, 3.63) is 66.0 Å². The van der Waals surface area contributed by atoms with E-state index in [-0.39, 0.29) is 11.3 Å². The van der Waals surface area contributed by atoms with Crippen LogP contribution in [-0.4, -0.2) is 23.4 Å². The maximum absolute atomic E-state index is 13.1. The molecule has 1 N–H and O–H groups in total. The van der Waals surface area contributed by atoms with Gasteiger partial charge in [-0.1, -0.05) is 36.4 Å². The lowest BCUT2D eigenvalue weighted by Crippen LogP contribution is -2.22. The third-order valence-corrected chi connectivity index (χ3v) is 2.44. The van der Waals surface area contributed by atoms with Crippen molar-refractivity contribution in [1.82, 2.24) is 4.98 Å². The summed E-state index contributed by atoms with van der Waals surface area (Å²) in [6.45, 7) is 0. The van der Waals surface area contributed by atoms with Gasteiger partial charge in [0.05, 0.1) is 5.69 Å². The molecule has 0 aliphatic carbocycles. The van der Waals surface area contributed by atoms with E-state index in [1.807, 2.05) is 0 Å². The number of halogens is 3. The monoisotopic (exact) mass is 269 g/mol. The fourth-order valence-corrected chi connectivity index (χ4v) is 1.72. The summed E-state index contributed by atoms with van der Waals surface area (Å²) in [6, 6.07) is 12.4. The standard InChI is InChI=1S/C13H10F3N.CH4O/c14-13(15,16)12(10-6-2-1-3-7-10)11-8-4-5-9-17-11;1-2/h1-9,12H;2H,1H3. The number of aliphatic hydroxyl groups excluding tert-OH is 1. The number of alkyl halides is 3. The molecule has 1 unspecified atom stereocenters. The normalized spacial score (nSPS) is 12.3. The summed E-state index contributed by atoms with van der Waals surface area (Å²) in [6.07, 6.45) is -2.97. The molecule has 2 rings (SSSR count). The first-order valence-electron chi connectivity index (χ1n) is 5.56. The Balaban J connectivity index is 0.000000861. The van der Waals surface area contributed by atoms with E-state index < -0.39 is 12.1 Å². The fraction of sp³-hybridized carbons (Fsp3) is 0.214. The quantitative estimate of drug-likeness (QED) is 0.906. The summed E-state index contributed by atoms with van der Waals surface area (Å²) in [5.41, 5.74) is 0.227. The number of aliphatic hydroxyl groups is 1. The first kappa shape index (κ1) is 15.2. The molecule has 0 spiro atoms. The zero-order valence-electron chi connectivity index (χ0n) is 10.3. The van der Waals surface area contributed by atoms with E-state index in [1.54, 1.807) is 30.3 Å². The Bertz CT molecular complexity index is 432. The molecule has 0 saturated carbocycles. The lowest BCUT2D eigenvalue weighted by atomic mass is 9.95. The van der Waals surface area contributed by atoms with Crippen molar-refractivity contribution in [2.75, 3.05) is 7.11 Å². The molecule has 102 valence electrons. The van der Waals surface area contributed by atoms with Crippen molar-refractivity contribution in [3.63, 3.8) is 0 Å². The third-order valence-electron chi connectivity index (χ3n) is 2.44. The smallest absolute Gasteiger partial charge is 0.400 e. The summed E-state index contributed by atoms with van der Waals surface area (Å²) in [5, 5.41) is 7.00. The Kier molecular flexibility index (Phi) is 5.51. The number of aromatic nitrogens is 1. The van der Waals surface area contributed by atoms with Crippen LogP contribution in [0.2, 0.25) is 0 Å². The van der Waals surface area contributed by atoms with E-state index in [0.717, 1.165) is 7.11 Å². The second-order valence-corrected chi connectivity index (χ2v) is 3.64. The Hall–Kier alpha value is -1.88. The van der Waals surface area contributed by atoms with Crippen molar-refractivity contribution < 1.29 is 18.3 Å². The van der Waals surface area contributed by atoms with Gasteiger partial charge in [0.2, 0.25) is 0 Å². The van der Waals surface area contributed by atoms with Crippen LogP contribution in [0.1, 0.15) is 17.2 Å². The van der Waals surface area contributed by atoms with Gasteiger partial charge in [-0.3, -0.25) is 4.98 Å². The number of rotatable bonds is 2. The zero-order chi connectivity index (χ0) is 14.3. The topological polar surface area (TPSA) is 33.1 Å². The van der Waals surface area contributed by atoms with Gasteiger partial charge in [-0.05, 0) is 17.7 Å². The molecule has 0 saturated heterocycles. The Morgan fingerprint density at radius 3 is 2.00 bits per heavy atom. The van der Waals surface area contributed by atoms with Crippen LogP contribution in [0.15, 0.2) is 54.7 Å². The van der Waals surface area contributed by atoms with Crippen LogP contribution in [0, 0.1) is 0 Å². The molecule has 1 atom stereocenters. The van der Waals surface area contributed by atoms with Crippen LogP contribution in [0.5, 0.6) is 0 Å². The SMILES string of the molecule is CO.FC(F)(F)C(c1ccccc1)c1ccccn1. The molecule has 2 aromatic rings. The van der Waals surface area contributed by atoms with Gasteiger partial charge in [-0.25, -0.2) is 0 Å². The van der Waals surface area contributed by atoms with Gasteiger partial charge in [0.25, 0.3) is 0 Å². The lowest BCUT2D eigenvalue weighted by molar-refractivity contribution is -0.141. The van der Waals surface area contributed by atoms with Crippen LogP contribution < -0.4 is 0 Å². The second kappa shape index (κ2) is 6.89. The Labute approximate surface area is 109 Å². The minimum Gasteiger partial charge on any atom is -0.400 e. The zero-order valence-corrected chi connectivity index (χ0v) is 10.3. The number of nitrogens with zero attached hydrogens (tertiary/aromatic N) is 1. The van der Waals surface area contributed by atoms with Crippen LogP contribution in [0.25, 0.3) is 0 Å². The second-order valence-electron chi connectivity index (χ2n) is 3.64. The molecule has 1 heterocycles. The molecule has 1 aromatic carbocycles. The highest BCUT2D eigenvalue weighted by Gasteiger charge is 2.42. The molecule has 1 aromatic heterocycles. The first-order chi connectivity index (χ1) is 9.09. The van der Waals surface area contributed by atoms with Gasteiger partial charge in [-0.2, -0.15) is 13.2 Å². The van der Waals surface area contributed by atoms with E-state index in [4.69, 9.17) is 5.11 Å². The molecular weight excluding hydrogens is 255 g/mol. The van der Waals surface area contributed by atoms with Crippen molar-refractivity contribution >= 4 is 0 Å². The maximum atomic E-state index is 13.1. The van der Waals surface area contributed by atoms with Crippen LogP contribution >= 0.6 is 0 Å². The molecule has 0 fully saturated rings. The molecule has 2 nitrogen and oxygen atoms in total. The predicted molar refractivity (Wildman–Crippen MR) is 66.7 cm³/mol. The molecule has 0 aliphatic rings. The van der Waals surface area contributed by atoms with Gasteiger partial charge in [0.15, 0.2) is 0 Å². The van der Waals surface area contributed by atoms with Crippen LogP contribution in [-0.2, 0) is 0 Å². The minimum atomic E-state index is -4.34. The molecule has 19 heavy (non-hydrogen) atoms. The minimum absolute atomic E-state index is 0.0196. The van der Waals surface area contributed by atoms with E-state index in [2.05, 4.69) is 4.98 Å². The van der Waals surface area contributed by atoms with Gasteiger partial charge in [-0.15, -0.1) is 0 Å². The van der Waals surface area contributed by atoms with Gasteiger partial charge in [0.1, 0.15) is 5.92 Å². The van der Waals surface area contributed by atoms with E-state index >= 15 is 0 Å². The molecule has 0 bridgehead atoms. The maximum Gasteiger partial charge on any atom is 0.401 e. The molecule has 0 amide bonds. The molecule has 5 heteroatoms. The highest BCUT2D eigenvalue weighted by molar-refractivity contribution is 5.30. The summed E-state index contributed by atoms with van der Waals surface area (Å²) in [7, 11) is 1.00. The average molecular weight is 269 g/mol. The Morgan fingerprint density at radius 1 is 0.947 bits per heavy atom. The largest absolute Gasteiger partial charge is 0.401 e. The molecule has 0 aliphatic heterocycles. The fourth-order valence-electron chi connectivity index (χ4n) is 1.72.